The van der Waals surface area contributed by atoms with Crippen molar-refractivity contribution in [1.82, 2.24) is 20.0 Å². The quantitative estimate of drug-likeness (QED) is 0.446. The lowest BCUT2D eigenvalue weighted by molar-refractivity contribution is -0.136. The molecule has 0 bridgehead atoms. The van der Waals surface area contributed by atoms with Crippen molar-refractivity contribution in [3.8, 4) is 0 Å². The van der Waals surface area contributed by atoms with Crippen LogP contribution in [0.3, 0.4) is 0 Å². The number of rotatable bonds is 10. The number of carbonyl (C=O) groups excluding carboxylic acids is 2. The number of nitrogens with zero attached hydrogens (tertiary/aromatic N) is 3. The summed E-state index contributed by atoms with van der Waals surface area (Å²) >= 11 is 0. The smallest absolute Gasteiger partial charge is 0.408 e. The van der Waals surface area contributed by atoms with Gasteiger partial charge in [-0.15, -0.1) is 0 Å². The van der Waals surface area contributed by atoms with Crippen LogP contribution in [0, 0.1) is 5.92 Å². The Morgan fingerprint density at radius 2 is 1.69 bits per heavy atom. The molecule has 0 aromatic heterocycles. The van der Waals surface area contributed by atoms with Gasteiger partial charge in [0.25, 0.3) is 0 Å². The minimum Gasteiger partial charge on any atom is -0.465 e. The van der Waals surface area contributed by atoms with E-state index in [2.05, 4.69) is 24.1 Å². The van der Waals surface area contributed by atoms with Crippen molar-refractivity contribution in [2.24, 2.45) is 5.92 Å². The summed E-state index contributed by atoms with van der Waals surface area (Å²) in [6.07, 6.45) is -0.958. The Hall–Kier alpha value is -2.85. The molecule has 0 spiro atoms. The first-order valence-corrected chi connectivity index (χ1v) is 12.5. The molecule has 1 saturated heterocycles. The Balaban J connectivity index is 1.91. The highest BCUT2D eigenvalue weighted by molar-refractivity contribution is 5.86. The zero-order valence-electron chi connectivity index (χ0n) is 22.1. The van der Waals surface area contributed by atoms with Crippen LogP contribution >= 0.6 is 0 Å². The van der Waals surface area contributed by atoms with Crippen LogP contribution in [0.4, 0.5) is 9.59 Å². The fourth-order valence-electron chi connectivity index (χ4n) is 4.56. The Kier molecular flexibility index (Phi) is 11.0. The number of carboxylic acid groups (broad SMARTS) is 1. The first-order chi connectivity index (χ1) is 16.9. The fourth-order valence-corrected chi connectivity index (χ4v) is 4.56. The van der Waals surface area contributed by atoms with Gasteiger partial charge in [0.15, 0.2) is 0 Å². The van der Waals surface area contributed by atoms with Gasteiger partial charge in [0.2, 0.25) is 5.91 Å². The van der Waals surface area contributed by atoms with Gasteiger partial charge in [-0.3, -0.25) is 14.6 Å². The SMILES string of the molecule is CC(C)C[C@@H](CN1CCN(C(=O)[C@H](CO)NC(=O)OCc2ccccc2)CC1)N(C(=O)O)C(C)(C)C. The third-order valence-electron chi connectivity index (χ3n) is 6.18. The number of carbonyl (C=O) groups is 3. The highest BCUT2D eigenvalue weighted by Gasteiger charge is 2.36. The van der Waals surface area contributed by atoms with E-state index in [4.69, 9.17) is 4.74 Å². The molecule has 1 heterocycles. The van der Waals surface area contributed by atoms with Crippen LogP contribution in [0.25, 0.3) is 0 Å². The normalized spacial score (nSPS) is 16.4. The van der Waals surface area contributed by atoms with Gasteiger partial charge in [-0.1, -0.05) is 44.2 Å². The highest BCUT2D eigenvalue weighted by atomic mass is 16.5. The van der Waals surface area contributed by atoms with Crippen molar-refractivity contribution in [1.29, 1.82) is 0 Å². The number of benzene rings is 1. The van der Waals surface area contributed by atoms with Crippen LogP contribution in [0.5, 0.6) is 0 Å². The van der Waals surface area contributed by atoms with E-state index in [1.807, 2.05) is 51.1 Å². The molecule has 2 atom stereocenters. The third kappa shape index (κ3) is 8.98. The minimum atomic E-state index is -1.09. The number of nitrogens with one attached hydrogen (secondary N) is 1. The van der Waals surface area contributed by atoms with Crippen LogP contribution < -0.4 is 5.32 Å². The molecule has 202 valence electrons. The second-order valence-electron chi connectivity index (χ2n) is 10.7. The van der Waals surface area contributed by atoms with Crippen molar-refractivity contribution < 1.29 is 29.3 Å². The maximum Gasteiger partial charge on any atom is 0.408 e. The number of alkyl carbamates (subject to hydrolysis) is 1. The second-order valence-corrected chi connectivity index (χ2v) is 10.7. The molecule has 1 aromatic carbocycles. The topological polar surface area (TPSA) is 123 Å². The van der Waals surface area contributed by atoms with Gasteiger partial charge in [0, 0.05) is 44.3 Å². The second kappa shape index (κ2) is 13.5. The van der Waals surface area contributed by atoms with Crippen LogP contribution in [0.15, 0.2) is 30.3 Å². The largest absolute Gasteiger partial charge is 0.465 e. The Labute approximate surface area is 214 Å². The molecule has 3 N–H and O–H groups in total. The summed E-state index contributed by atoms with van der Waals surface area (Å²) in [5.41, 5.74) is 0.289. The molecule has 0 unspecified atom stereocenters. The van der Waals surface area contributed by atoms with E-state index in [-0.39, 0.29) is 18.6 Å². The van der Waals surface area contributed by atoms with Gasteiger partial charge in [-0.05, 0) is 38.7 Å². The van der Waals surface area contributed by atoms with Crippen LogP contribution in [0.2, 0.25) is 0 Å². The predicted octanol–water partition coefficient (Wildman–Crippen LogP) is 2.61. The Morgan fingerprint density at radius 1 is 1.08 bits per heavy atom. The third-order valence-corrected chi connectivity index (χ3v) is 6.18. The van der Waals surface area contributed by atoms with Crippen LogP contribution in [0.1, 0.15) is 46.6 Å². The molecule has 10 nitrogen and oxygen atoms in total. The lowest BCUT2D eigenvalue weighted by Crippen LogP contribution is -2.59. The minimum absolute atomic E-state index is 0.0666. The van der Waals surface area contributed by atoms with E-state index in [0.29, 0.717) is 38.6 Å². The molecule has 1 fully saturated rings. The van der Waals surface area contributed by atoms with Gasteiger partial charge in [0.05, 0.1) is 6.61 Å². The maximum atomic E-state index is 12.9. The zero-order valence-corrected chi connectivity index (χ0v) is 22.1. The van der Waals surface area contributed by atoms with Crippen molar-refractivity contribution >= 4 is 18.1 Å². The number of piperazine rings is 1. The first kappa shape index (κ1) is 29.4. The van der Waals surface area contributed by atoms with Crippen LogP contribution in [-0.2, 0) is 16.1 Å². The van der Waals surface area contributed by atoms with Gasteiger partial charge < -0.3 is 25.2 Å². The number of ether oxygens (including phenoxy) is 1. The molecule has 2 rings (SSSR count). The molecule has 0 aliphatic carbocycles. The van der Waals surface area contributed by atoms with E-state index < -0.39 is 30.4 Å². The first-order valence-electron chi connectivity index (χ1n) is 12.5. The average Bonchev–Trinajstić information content (AvgIpc) is 2.80. The summed E-state index contributed by atoms with van der Waals surface area (Å²) in [5.74, 6) is -0.0329. The van der Waals surface area contributed by atoms with E-state index >= 15 is 0 Å². The summed E-state index contributed by atoms with van der Waals surface area (Å²) in [4.78, 5) is 42.5. The molecule has 10 heteroatoms. The number of hydrogen-bond donors (Lipinski definition) is 3. The summed E-state index contributed by atoms with van der Waals surface area (Å²) in [6.45, 7) is 12.0. The maximum absolute atomic E-state index is 12.9. The number of aliphatic hydroxyl groups excluding tert-OH is 1. The number of amides is 3. The molecule has 0 saturated carbocycles. The Bertz CT molecular complexity index is 850. The summed E-state index contributed by atoms with van der Waals surface area (Å²) in [6, 6.07) is 7.93. The number of hydrogen-bond acceptors (Lipinski definition) is 6. The fraction of sp³-hybridized carbons (Fsp3) is 0.654. The summed E-state index contributed by atoms with van der Waals surface area (Å²) in [7, 11) is 0. The van der Waals surface area contributed by atoms with Gasteiger partial charge >= 0.3 is 12.2 Å². The molecule has 1 aliphatic heterocycles. The van der Waals surface area contributed by atoms with Crippen molar-refractivity contribution in [3.63, 3.8) is 0 Å². The lowest BCUT2D eigenvalue weighted by Gasteiger charge is -2.44. The number of aliphatic hydroxyl groups is 1. The standard InChI is InChI=1S/C26H42N4O6/c1-19(2)15-21(30(25(34)35)26(3,4)5)16-28-11-13-29(14-12-28)23(32)22(17-31)27-24(33)36-18-20-9-7-6-8-10-20/h6-10,19,21-22,31H,11-18H2,1-5H3,(H,27,33)(H,34,35)/t21-,22-/m0/s1. The van der Waals surface area contributed by atoms with Crippen molar-refractivity contribution in [2.75, 3.05) is 39.3 Å². The van der Waals surface area contributed by atoms with Gasteiger partial charge in [-0.25, -0.2) is 9.59 Å². The van der Waals surface area contributed by atoms with Crippen molar-refractivity contribution in [3.05, 3.63) is 35.9 Å². The molecule has 1 aliphatic rings. The zero-order chi connectivity index (χ0) is 26.9. The van der Waals surface area contributed by atoms with E-state index in [1.54, 1.807) is 4.90 Å². The van der Waals surface area contributed by atoms with E-state index in [9.17, 15) is 24.6 Å². The summed E-state index contributed by atoms with van der Waals surface area (Å²) < 4.78 is 5.17. The van der Waals surface area contributed by atoms with Gasteiger partial charge in [0.1, 0.15) is 12.6 Å². The average molecular weight is 507 g/mol. The lowest BCUT2D eigenvalue weighted by atomic mass is 9.96. The molecule has 36 heavy (non-hydrogen) atoms. The Morgan fingerprint density at radius 3 is 2.19 bits per heavy atom. The molecular formula is C26H42N4O6. The summed E-state index contributed by atoms with van der Waals surface area (Å²) in [5, 5.41) is 22.1. The molecule has 0 radical (unpaired) electrons. The monoisotopic (exact) mass is 506 g/mol. The van der Waals surface area contributed by atoms with E-state index in [1.165, 1.54) is 4.90 Å². The van der Waals surface area contributed by atoms with Crippen LogP contribution in [-0.4, -0.2) is 100.0 Å². The van der Waals surface area contributed by atoms with Gasteiger partial charge in [-0.2, -0.15) is 0 Å². The highest BCUT2D eigenvalue weighted by Crippen LogP contribution is 2.23. The molecular weight excluding hydrogens is 464 g/mol. The predicted molar refractivity (Wildman–Crippen MR) is 137 cm³/mol. The molecule has 3 amide bonds. The van der Waals surface area contributed by atoms with E-state index in [0.717, 1.165) is 12.0 Å². The van der Waals surface area contributed by atoms with Crippen molar-refractivity contribution in [2.45, 2.75) is 65.3 Å². The molecule has 1 aromatic rings.